The summed E-state index contributed by atoms with van der Waals surface area (Å²) in [4.78, 5) is 25.1. The van der Waals surface area contributed by atoms with E-state index in [1.54, 1.807) is 12.1 Å². The van der Waals surface area contributed by atoms with Crippen molar-refractivity contribution in [3.05, 3.63) is 94.7 Å². The van der Waals surface area contributed by atoms with Gasteiger partial charge in [0.25, 0.3) is 5.79 Å². The summed E-state index contributed by atoms with van der Waals surface area (Å²) >= 11 is 0. The second kappa shape index (κ2) is 11.6. The number of nitrogens with zero attached hydrogens (tertiary/aromatic N) is 1. The molecule has 0 spiro atoms. The highest BCUT2D eigenvalue weighted by Gasteiger charge is 2.43. The average Bonchev–Trinajstić information content (AvgIpc) is 3.47. The van der Waals surface area contributed by atoms with Crippen molar-refractivity contribution in [3.8, 4) is 11.5 Å². The third-order valence-electron chi connectivity index (χ3n) is 7.78. The minimum atomic E-state index is -0.916. The second-order valence-corrected chi connectivity index (χ2v) is 10.6. The molecule has 1 aromatic heterocycles. The molecule has 1 atom stereocenters. The smallest absolute Gasteiger partial charge is 0.303 e. The van der Waals surface area contributed by atoms with Gasteiger partial charge in [0.2, 0.25) is 0 Å². The molecular formula is C34H37NO5. The molecule has 1 aliphatic rings. The third-order valence-corrected chi connectivity index (χ3v) is 7.78. The molecule has 0 saturated heterocycles. The number of carboxylic acids is 1. The van der Waals surface area contributed by atoms with Gasteiger partial charge in [0, 0.05) is 47.1 Å². The molecule has 0 fully saturated rings. The quantitative estimate of drug-likeness (QED) is 0.186. The van der Waals surface area contributed by atoms with Crippen molar-refractivity contribution in [1.82, 2.24) is 4.57 Å². The van der Waals surface area contributed by atoms with Crippen molar-refractivity contribution in [1.29, 1.82) is 0 Å². The number of unbranched alkanes of at least 4 members (excludes halogenated alkanes) is 1. The number of ketones is 1. The number of aromatic nitrogens is 1. The van der Waals surface area contributed by atoms with E-state index in [2.05, 4.69) is 42.7 Å². The number of carboxylic acid groups (broad SMARTS) is 1. The Morgan fingerprint density at radius 3 is 2.38 bits per heavy atom. The molecule has 208 valence electrons. The molecule has 40 heavy (non-hydrogen) atoms. The first-order valence-electron chi connectivity index (χ1n) is 14.3. The van der Waals surface area contributed by atoms with Gasteiger partial charge in [0.15, 0.2) is 17.3 Å². The first-order valence-corrected chi connectivity index (χ1v) is 14.3. The molecular weight excluding hydrogens is 502 g/mol. The fourth-order valence-electron chi connectivity index (χ4n) is 5.72. The summed E-state index contributed by atoms with van der Waals surface area (Å²) in [6, 6.07) is 21.7. The largest absolute Gasteiger partial charge is 0.481 e. The highest BCUT2D eigenvalue weighted by Crippen LogP contribution is 2.47. The number of hydrogen-bond donors (Lipinski definition) is 1. The Balaban J connectivity index is 1.47. The summed E-state index contributed by atoms with van der Waals surface area (Å²) in [6.07, 6.45) is 5.36. The molecule has 1 aliphatic heterocycles. The Hall–Kier alpha value is -4.06. The van der Waals surface area contributed by atoms with Crippen LogP contribution in [-0.2, 0) is 23.5 Å². The summed E-state index contributed by atoms with van der Waals surface area (Å²) in [5.74, 6) is -0.619. The van der Waals surface area contributed by atoms with Gasteiger partial charge in [0.05, 0.1) is 5.56 Å². The van der Waals surface area contributed by atoms with Crippen molar-refractivity contribution in [2.45, 2.75) is 78.0 Å². The van der Waals surface area contributed by atoms with Crippen molar-refractivity contribution in [2.24, 2.45) is 0 Å². The summed E-state index contributed by atoms with van der Waals surface area (Å²) < 4.78 is 15.1. The maximum absolute atomic E-state index is 14.0. The van der Waals surface area contributed by atoms with E-state index in [1.165, 1.54) is 5.56 Å². The topological polar surface area (TPSA) is 77.8 Å². The van der Waals surface area contributed by atoms with Crippen molar-refractivity contribution < 1.29 is 24.2 Å². The Kier molecular flexibility index (Phi) is 7.97. The molecule has 0 bridgehead atoms. The number of benzene rings is 3. The van der Waals surface area contributed by atoms with E-state index in [-0.39, 0.29) is 12.2 Å². The van der Waals surface area contributed by atoms with Crippen LogP contribution in [-0.4, -0.2) is 21.4 Å². The lowest BCUT2D eigenvalue weighted by Gasteiger charge is -2.28. The van der Waals surface area contributed by atoms with Gasteiger partial charge in [-0.3, -0.25) is 9.59 Å². The molecule has 6 nitrogen and oxygen atoms in total. The van der Waals surface area contributed by atoms with E-state index >= 15 is 0 Å². The summed E-state index contributed by atoms with van der Waals surface area (Å²) in [5, 5.41) is 9.96. The van der Waals surface area contributed by atoms with Crippen molar-refractivity contribution in [2.75, 3.05) is 0 Å². The zero-order valence-electron chi connectivity index (χ0n) is 23.5. The molecule has 4 aromatic rings. The van der Waals surface area contributed by atoms with Gasteiger partial charge in [-0.2, -0.15) is 0 Å². The predicted molar refractivity (Wildman–Crippen MR) is 156 cm³/mol. The van der Waals surface area contributed by atoms with Gasteiger partial charge < -0.3 is 19.1 Å². The standard InChI is InChI=1S/C34H37NO5/c1-4-6-20-34(26-17-14-24(10-5-2)15-18-26)39-29-19-16-25(22-30(29)40-34)33(38)32-23(3)35(21-9-13-31(36)37)28-12-8-7-11-27(28)32/h7-8,11-12,14-19,22H,4-6,9-10,13,20-21H2,1-3H3,(H,36,37). The summed E-state index contributed by atoms with van der Waals surface area (Å²) in [7, 11) is 0. The van der Waals surface area contributed by atoms with E-state index in [0.29, 0.717) is 42.0 Å². The van der Waals surface area contributed by atoms with Crippen LogP contribution < -0.4 is 9.47 Å². The van der Waals surface area contributed by atoms with E-state index in [9.17, 15) is 9.59 Å². The average molecular weight is 540 g/mol. The molecule has 0 aliphatic carbocycles. The van der Waals surface area contributed by atoms with Gasteiger partial charge >= 0.3 is 5.97 Å². The normalized spacial score (nSPS) is 16.0. The number of fused-ring (bicyclic) bond motifs is 2. The number of para-hydroxylation sites is 1. The first kappa shape index (κ1) is 27.5. The number of hydrogen-bond acceptors (Lipinski definition) is 4. The monoisotopic (exact) mass is 539 g/mol. The zero-order chi connectivity index (χ0) is 28.3. The molecule has 5 rings (SSSR count). The van der Waals surface area contributed by atoms with Crippen LogP contribution in [0.25, 0.3) is 10.9 Å². The molecule has 0 radical (unpaired) electrons. The van der Waals surface area contributed by atoms with Gasteiger partial charge in [-0.15, -0.1) is 0 Å². The van der Waals surface area contributed by atoms with E-state index in [0.717, 1.165) is 47.8 Å². The van der Waals surface area contributed by atoms with Crippen LogP contribution in [0.2, 0.25) is 0 Å². The summed E-state index contributed by atoms with van der Waals surface area (Å²) in [6.45, 7) is 6.79. The Morgan fingerprint density at radius 1 is 0.900 bits per heavy atom. The van der Waals surface area contributed by atoms with Gasteiger partial charge in [-0.25, -0.2) is 0 Å². The second-order valence-electron chi connectivity index (χ2n) is 10.6. The molecule has 1 N–H and O–H groups in total. The maximum atomic E-state index is 14.0. The lowest BCUT2D eigenvalue weighted by Crippen LogP contribution is -2.35. The van der Waals surface area contributed by atoms with Crippen LogP contribution in [0, 0.1) is 6.92 Å². The zero-order valence-corrected chi connectivity index (χ0v) is 23.5. The predicted octanol–water partition coefficient (Wildman–Crippen LogP) is 7.81. The maximum Gasteiger partial charge on any atom is 0.303 e. The Labute approximate surface area is 235 Å². The van der Waals surface area contributed by atoms with Gasteiger partial charge in [0.1, 0.15) is 0 Å². The number of carbonyl (C=O) groups excluding carboxylic acids is 1. The summed E-state index contributed by atoms with van der Waals surface area (Å²) in [5.41, 5.74) is 5.19. The molecule has 2 heterocycles. The third kappa shape index (κ3) is 5.23. The minimum absolute atomic E-state index is 0.0818. The molecule has 0 amide bonds. The minimum Gasteiger partial charge on any atom is -0.481 e. The number of aryl methyl sites for hydroxylation is 2. The van der Waals surface area contributed by atoms with E-state index in [4.69, 9.17) is 14.6 Å². The molecule has 3 aromatic carbocycles. The molecule has 6 heteroatoms. The molecule has 1 unspecified atom stereocenters. The van der Waals surface area contributed by atoms with Crippen LogP contribution >= 0.6 is 0 Å². The highest BCUT2D eigenvalue weighted by atomic mass is 16.7. The Bertz CT molecular complexity index is 1530. The van der Waals surface area contributed by atoms with Crippen LogP contribution in [0.4, 0.5) is 0 Å². The van der Waals surface area contributed by atoms with Crippen LogP contribution in [0.15, 0.2) is 66.7 Å². The number of aliphatic carboxylic acids is 1. The highest BCUT2D eigenvalue weighted by molar-refractivity contribution is 6.17. The number of ether oxygens (including phenoxy) is 2. The molecule has 0 saturated carbocycles. The van der Waals surface area contributed by atoms with E-state index < -0.39 is 11.8 Å². The fraction of sp³-hybridized carbons (Fsp3) is 0.353. The van der Waals surface area contributed by atoms with Gasteiger partial charge in [-0.1, -0.05) is 69.2 Å². The number of rotatable bonds is 12. The Morgan fingerprint density at radius 2 is 1.65 bits per heavy atom. The lowest BCUT2D eigenvalue weighted by atomic mass is 9.97. The first-order chi connectivity index (χ1) is 19.4. The van der Waals surface area contributed by atoms with Crippen LogP contribution in [0.3, 0.4) is 0 Å². The fourth-order valence-corrected chi connectivity index (χ4v) is 5.72. The van der Waals surface area contributed by atoms with Crippen molar-refractivity contribution in [3.63, 3.8) is 0 Å². The van der Waals surface area contributed by atoms with Crippen LogP contribution in [0.5, 0.6) is 11.5 Å². The lowest BCUT2D eigenvalue weighted by molar-refractivity contribution is -0.137. The van der Waals surface area contributed by atoms with Gasteiger partial charge in [-0.05, 0) is 56.0 Å². The number of carbonyl (C=O) groups is 2. The SMILES string of the molecule is CCCCC1(c2ccc(CCC)cc2)Oc2ccc(C(=O)c3c(C)n(CCCC(=O)O)c4ccccc34)cc2O1. The van der Waals surface area contributed by atoms with Crippen LogP contribution in [0.1, 0.15) is 85.1 Å². The van der Waals surface area contributed by atoms with E-state index in [1.807, 2.05) is 37.3 Å². The van der Waals surface area contributed by atoms with Crippen molar-refractivity contribution >= 4 is 22.7 Å².